The first-order valence-electron chi connectivity index (χ1n) is 6.96. The molecule has 0 heterocycles. The minimum atomic E-state index is -0.110. The van der Waals surface area contributed by atoms with E-state index >= 15 is 0 Å². The summed E-state index contributed by atoms with van der Waals surface area (Å²) in [5.41, 5.74) is 2.21. The highest BCUT2D eigenvalue weighted by Gasteiger charge is 2.14. The molecule has 1 rings (SSSR count). The fourth-order valence-electron chi connectivity index (χ4n) is 1.74. The number of nitrogens with one attached hydrogen (secondary N) is 1. The lowest BCUT2D eigenvalue weighted by molar-refractivity contribution is -0.134. The average molecular weight is 276 g/mol. The highest BCUT2D eigenvalue weighted by Crippen LogP contribution is 2.07. The Labute approximate surface area is 121 Å². The van der Waals surface area contributed by atoms with Crippen molar-refractivity contribution in [2.75, 3.05) is 13.1 Å². The third-order valence-corrected chi connectivity index (χ3v) is 2.98. The minimum absolute atomic E-state index is 0.0923. The number of carbonyl (C=O) groups is 2. The number of amides is 2. The molecule has 0 saturated carbocycles. The first-order chi connectivity index (χ1) is 9.38. The van der Waals surface area contributed by atoms with E-state index in [1.165, 1.54) is 12.5 Å². The normalized spacial score (nSPS) is 10.4. The summed E-state index contributed by atoms with van der Waals surface area (Å²) < 4.78 is 0. The molecule has 4 heteroatoms. The molecule has 0 fully saturated rings. The van der Waals surface area contributed by atoms with Gasteiger partial charge in [0.25, 0.3) is 0 Å². The van der Waals surface area contributed by atoms with E-state index in [1.54, 1.807) is 4.90 Å². The van der Waals surface area contributed by atoms with Crippen LogP contribution in [0, 0.1) is 12.8 Å². The van der Waals surface area contributed by atoms with Crippen LogP contribution in [0.5, 0.6) is 0 Å². The number of benzene rings is 1. The molecule has 0 aliphatic rings. The van der Waals surface area contributed by atoms with E-state index in [-0.39, 0.29) is 18.4 Å². The molecule has 20 heavy (non-hydrogen) atoms. The number of aryl methyl sites for hydroxylation is 1. The van der Waals surface area contributed by atoms with Crippen molar-refractivity contribution >= 4 is 11.8 Å². The van der Waals surface area contributed by atoms with Crippen molar-refractivity contribution in [2.45, 2.75) is 34.2 Å². The lowest BCUT2D eigenvalue weighted by Crippen LogP contribution is -2.40. The maximum atomic E-state index is 11.8. The first-order valence-corrected chi connectivity index (χ1v) is 6.96. The van der Waals surface area contributed by atoms with Crippen molar-refractivity contribution in [3.05, 3.63) is 35.4 Å². The molecular formula is C16H24N2O2. The van der Waals surface area contributed by atoms with Gasteiger partial charge in [-0.05, 0) is 18.4 Å². The van der Waals surface area contributed by atoms with E-state index < -0.39 is 0 Å². The molecule has 0 unspecified atom stereocenters. The van der Waals surface area contributed by atoms with E-state index in [2.05, 4.69) is 5.32 Å². The van der Waals surface area contributed by atoms with Gasteiger partial charge in [0.1, 0.15) is 0 Å². The minimum Gasteiger partial charge on any atom is -0.354 e. The molecule has 0 bridgehead atoms. The Hall–Kier alpha value is -1.84. The molecule has 0 aliphatic carbocycles. The second kappa shape index (κ2) is 7.68. The number of hydrogen-bond acceptors (Lipinski definition) is 2. The highest BCUT2D eigenvalue weighted by molar-refractivity contribution is 5.83. The molecule has 0 aliphatic heterocycles. The van der Waals surface area contributed by atoms with Crippen LogP contribution in [-0.4, -0.2) is 29.8 Å². The van der Waals surface area contributed by atoms with Crippen LogP contribution in [0.4, 0.5) is 0 Å². The SMILES string of the molecule is CC(=O)N(CC(=O)NCC(C)C)Cc1ccc(C)cc1. The summed E-state index contributed by atoms with van der Waals surface area (Å²) in [5, 5.41) is 2.83. The van der Waals surface area contributed by atoms with Gasteiger partial charge in [0.2, 0.25) is 11.8 Å². The van der Waals surface area contributed by atoms with Crippen molar-refractivity contribution in [1.29, 1.82) is 0 Å². The molecule has 0 spiro atoms. The fraction of sp³-hybridized carbons (Fsp3) is 0.500. The van der Waals surface area contributed by atoms with Crippen molar-refractivity contribution in [3.63, 3.8) is 0 Å². The molecule has 0 aromatic heterocycles. The van der Waals surface area contributed by atoms with E-state index in [0.717, 1.165) is 5.56 Å². The fourth-order valence-corrected chi connectivity index (χ4v) is 1.74. The Kier molecular flexibility index (Phi) is 6.22. The van der Waals surface area contributed by atoms with Gasteiger partial charge in [-0.25, -0.2) is 0 Å². The van der Waals surface area contributed by atoms with E-state index in [1.807, 2.05) is 45.0 Å². The zero-order valence-electron chi connectivity index (χ0n) is 12.8. The third-order valence-electron chi connectivity index (χ3n) is 2.98. The largest absolute Gasteiger partial charge is 0.354 e. The summed E-state index contributed by atoms with van der Waals surface area (Å²) in [5.74, 6) is 0.202. The van der Waals surface area contributed by atoms with Gasteiger partial charge < -0.3 is 10.2 Å². The molecule has 0 radical (unpaired) electrons. The van der Waals surface area contributed by atoms with Crippen LogP contribution >= 0.6 is 0 Å². The third kappa shape index (κ3) is 5.87. The number of nitrogens with zero attached hydrogens (tertiary/aromatic N) is 1. The Bertz CT molecular complexity index is 452. The number of carbonyl (C=O) groups excluding carboxylic acids is 2. The smallest absolute Gasteiger partial charge is 0.239 e. The van der Waals surface area contributed by atoms with Gasteiger partial charge in [-0.15, -0.1) is 0 Å². The van der Waals surface area contributed by atoms with Gasteiger partial charge in [0.15, 0.2) is 0 Å². The summed E-state index contributed by atoms with van der Waals surface area (Å²) in [6.07, 6.45) is 0. The van der Waals surface area contributed by atoms with E-state index in [4.69, 9.17) is 0 Å². The lowest BCUT2D eigenvalue weighted by atomic mass is 10.1. The molecule has 1 aromatic rings. The van der Waals surface area contributed by atoms with E-state index in [0.29, 0.717) is 19.0 Å². The Morgan fingerprint density at radius 1 is 1.20 bits per heavy atom. The second-order valence-corrected chi connectivity index (χ2v) is 5.56. The molecule has 0 saturated heterocycles. The standard InChI is InChI=1S/C16H24N2O2/c1-12(2)9-17-16(20)11-18(14(4)19)10-15-7-5-13(3)6-8-15/h5-8,12H,9-11H2,1-4H3,(H,17,20). The van der Waals surface area contributed by atoms with Gasteiger partial charge in [-0.2, -0.15) is 0 Å². The summed E-state index contributed by atoms with van der Waals surface area (Å²) >= 11 is 0. The van der Waals surface area contributed by atoms with Crippen LogP contribution in [0.1, 0.15) is 31.9 Å². The van der Waals surface area contributed by atoms with Gasteiger partial charge >= 0.3 is 0 Å². The monoisotopic (exact) mass is 276 g/mol. The van der Waals surface area contributed by atoms with Gasteiger partial charge in [0.05, 0.1) is 6.54 Å². The quantitative estimate of drug-likeness (QED) is 0.865. The second-order valence-electron chi connectivity index (χ2n) is 5.56. The molecule has 110 valence electrons. The molecule has 1 N–H and O–H groups in total. The van der Waals surface area contributed by atoms with Crippen LogP contribution in [0.2, 0.25) is 0 Å². The van der Waals surface area contributed by atoms with Crippen LogP contribution in [0.3, 0.4) is 0 Å². The molecule has 1 aromatic carbocycles. The number of rotatable bonds is 6. The average Bonchev–Trinajstić information content (AvgIpc) is 2.38. The Morgan fingerprint density at radius 3 is 2.30 bits per heavy atom. The van der Waals surface area contributed by atoms with Crippen molar-refractivity contribution in [1.82, 2.24) is 10.2 Å². The Balaban J connectivity index is 2.58. The van der Waals surface area contributed by atoms with Crippen LogP contribution in [0.25, 0.3) is 0 Å². The maximum absolute atomic E-state index is 11.8. The van der Waals surface area contributed by atoms with Crippen molar-refractivity contribution < 1.29 is 9.59 Å². The summed E-state index contributed by atoms with van der Waals surface area (Å²) in [4.78, 5) is 25.0. The zero-order valence-corrected chi connectivity index (χ0v) is 12.8. The van der Waals surface area contributed by atoms with Crippen molar-refractivity contribution in [2.24, 2.45) is 5.92 Å². The molecular weight excluding hydrogens is 252 g/mol. The molecule has 2 amide bonds. The summed E-state index contributed by atoms with van der Waals surface area (Å²) in [6.45, 7) is 8.79. The number of hydrogen-bond donors (Lipinski definition) is 1. The summed E-state index contributed by atoms with van der Waals surface area (Å²) in [6, 6.07) is 7.98. The first kappa shape index (κ1) is 16.2. The van der Waals surface area contributed by atoms with Crippen LogP contribution in [-0.2, 0) is 16.1 Å². The van der Waals surface area contributed by atoms with E-state index in [9.17, 15) is 9.59 Å². The molecule has 0 atom stereocenters. The summed E-state index contributed by atoms with van der Waals surface area (Å²) in [7, 11) is 0. The van der Waals surface area contributed by atoms with Crippen LogP contribution in [0.15, 0.2) is 24.3 Å². The topological polar surface area (TPSA) is 49.4 Å². The highest BCUT2D eigenvalue weighted by atomic mass is 16.2. The maximum Gasteiger partial charge on any atom is 0.239 e. The van der Waals surface area contributed by atoms with Gasteiger partial charge in [-0.3, -0.25) is 9.59 Å². The lowest BCUT2D eigenvalue weighted by Gasteiger charge is -2.21. The van der Waals surface area contributed by atoms with Crippen LogP contribution < -0.4 is 5.32 Å². The Morgan fingerprint density at radius 2 is 1.80 bits per heavy atom. The predicted molar refractivity (Wildman–Crippen MR) is 80.1 cm³/mol. The molecule has 4 nitrogen and oxygen atoms in total. The van der Waals surface area contributed by atoms with Gasteiger partial charge in [0, 0.05) is 20.0 Å². The van der Waals surface area contributed by atoms with Gasteiger partial charge in [-0.1, -0.05) is 43.7 Å². The van der Waals surface area contributed by atoms with Crippen molar-refractivity contribution in [3.8, 4) is 0 Å². The zero-order chi connectivity index (χ0) is 15.1. The predicted octanol–water partition coefficient (Wildman–Crippen LogP) is 2.12.